The van der Waals surface area contributed by atoms with Gasteiger partial charge in [0, 0.05) is 16.6 Å². The number of aromatic hydroxyl groups is 1. The Morgan fingerprint density at radius 1 is 1.00 bits per heavy atom. The maximum absolute atomic E-state index is 9.28. The number of aromatic amines is 1. The molecule has 2 N–H and O–H groups in total. The molecule has 0 bridgehead atoms. The van der Waals surface area contributed by atoms with E-state index in [0.29, 0.717) is 0 Å². The molecule has 0 spiro atoms. The van der Waals surface area contributed by atoms with Crippen molar-refractivity contribution in [3.63, 3.8) is 0 Å². The molecular weight excluding hydrogens is 226 g/mol. The van der Waals surface area contributed by atoms with E-state index in [1.807, 2.05) is 30.3 Å². The van der Waals surface area contributed by atoms with Gasteiger partial charge in [0.1, 0.15) is 11.5 Å². The lowest BCUT2D eigenvalue weighted by molar-refractivity contribution is 0.415. The highest BCUT2D eigenvalue weighted by molar-refractivity contribution is 5.87. The molecule has 1 aromatic heterocycles. The van der Waals surface area contributed by atoms with Crippen LogP contribution in [-0.4, -0.2) is 17.2 Å². The molecule has 0 amide bonds. The minimum absolute atomic E-state index is 0.275. The van der Waals surface area contributed by atoms with Crippen molar-refractivity contribution in [3.05, 3.63) is 48.5 Å². The average molecular weight is 239 g/mol. The second-order valence-corrected chi connectivity index (χ2v) is 4.18. The number of phenols is 1. The largest absolute Gasteiger partial charge is 0.508 e. The minimum atomic E-state index is 0.275. The first-order chi connectivity index (χ1) is 8.76. The highest BCUT2D eigenvalue weighted by Crippen LogP contribution is 2.27. The summed E-state index contributed by atoms with van der Waals surface area (Å²) in [6.07, 6.45) is 0. The fourth-order valence-corrected chi connectivity index (χ4v) is 2.03. The number of ether oxygens (including phenoxy) is 1. The summed E-state index contributed by atoms with van der Waals surface area (Å²) in [5.74, 6) is 1.12. The van der Waals surface area contributed by atoms with Gasteiger partial charge in [-0.1, -0.05) is 0 Å². The quantitative estimate of drug-likeness (QED) is 0.718. The van der Waals surface area contributed by atoms with Crippen LogP contribution in [0.15, 0.2) is 48.5 Å². The molecule has 2 aromatic carbocycles. The second-order valence-electron chi connectivity index (χ2n) is 4.18. The molecule has 18 heavy (non-hydrogen) atoms. The van der Waals surface area contributed by atoms with Gasteiger partial charge in [0.2, 0.25) is 0 Å². The van der Waals surface area contributed by atoms with Crippen LogP contribution in [0.5, 0.6) is 11.5 Å². The average Bonchev–Trinajstić information content (AvgIpc) is 2.82. The first-order valence-corrected chi connectivity index (χ1v) is 5.72. The van der Waals surface area contributed by atoms with Crippen LogP contribution in [0.2, 0.25) is 0 Å². The third-order valence-corrected chi connectivity index (χ3v) is 3.01. The lowest BCUT2D eigenvalue weighted by Crippen LogP contribution is -1.80. The van der Waals surface area contributed by atoms with Crippen molar-refractivity contribution >= 4 is 10.9 Å². The van der Waals surface area contributed by atoms with Crippen LogP contribution in [0.25, 0.3) is 22.2 Å². The van der Waals surface area contributed by atoms with Crippen LogP contribution in [0, 0.1) is 0 Å². The Morgan fingerprint density at radius 3 is 2.50 bits per heavy atom. The van der Waals surface area contributed by atoms with E-state index in [-0.39, 0.29) is 5.75 Å². The van der Waals surface area contributed by atoms with Gasteiger partial charge >= 0.3 is 0 Å². The third kappa shape index (κ3) is 1.80. The predicted octanol–water partition coefficient (Wildman–Crippen LogP) is 3.55. The van der Waals surface area contributed by atoms with E-state index in [9.17, 15) is 5.11 Å². The van der Waals surface area contributed by atoms with E-state index in [4.69, 9.17) is 4.74 Å². The number of H-pyrrole nitrogens is 1. The highest BCUT2D eigenvalue weighted by Gasteiger charge is 2.04. The molecule has 0 atom stereocenters. The summed E-state index contributed by atoms with van der Waals surface area (Å²) < 4.78 is 5.21. The fraction of sp³-hybridized carbons (Fsp3) is 0.0667. The summed E-state index contributed by atoms with van der Waals surface area (Å²) in [6.45, 7) is 0. The van der Waals surface area contributed by atoms with Gasteiger partial charge in [-0.25, -0.2) is 0 Å². The van der Waals surface area contributed by atoms with Gasteiger partial charge in [-0.3, -0.25) is 0 Å². The zero-order valence-electron chi connectivity index (χ0n) is 9.97. The summed E-state index contributed by atoms with van der Waals surface area (Å²) in [6, 6.07) is 15.1. The summed E-state index contributed by atoms with van der Waals surface area (Å²) in [5, 5.41) is 10.4. The number of benzene rings is 2. The van der Waals surface area contributed by atoms with Crippen molar-refractivity contribution in [2.75, 3.05) is 7.11 Å². The molecule has 1 heterocycles. The topological polar surface area (TPSA) is 45.2 Å². The number of phenolic OH excluding ortho intramolecular Hbond substituents is 1. The van der Waals surface area contributed by atoms with Gasteiger partial charge in [0.25, 0.3) is 0 Å². The van der Waals surface area contributed by atoms with Crippen LogP contribution in [0.1, 0.15) is 0 Å². The Labute approximate surface area is 105 Å². The summed E-state index contributed by atoms with van der Waals surface area (Å²) in [4.78, 5) is 3.35. The molecule has 3 heteroatoms. The van der Waals surface area contributed by atoms with Crippen molar-refractivity contribution in [1.82, 2.24) is 4.98 Å². The van der Waals surface area contributed by atoms with E-state index in [2.05, 4.69) is 11.1 Å². The number of aromatic nitrogens is 1. The number of rotatable bonds is 2. The summed E-state index contributed by atoms with van der Waals surface area (Å²) in [5.41, 5.74) is 3.14. The van der Waals surface area contributed by atoms with Crippen LogP contribution >= 0.6 is 0 Å². The number of methoxy groups -OCH3 is 1. The van der Waals surface area contributed by atoms with E-state index < -0.39 is 0 Å². The molecule has 0 fully saturated rings. The number of hydrogen-bond donors (Lipinski definition) is 2. The van der Waals surface area contributed by atoms with E-state index >= 15 is 0 Å². The van der Waals surface area contributed by atoms with Crippen LogP contribution in [0.3, 0.4) is 0 Å². The summed E-state index contributed by atoms with van der Waals surface area (Å²) in [7, 11) is 1.66. The Bertz CT molecular complexity index is 683. The standard InChI is InChI=1S/C15H13NO2/c1-18-13-6-7-14-11(8-13)9-15(16-14)10-2-4-12(17)5-3-10/h2-9,16-17H,1H3. The monoisotopic (exact) mass is 239 g/mol. The van der Waals surface area contributed by atoms with Crippen LogP contribution < -0.4 is 4.74 Å². The number of hydrogen-bond acceptors (Lipinski definition) is 2. The van der Waals surface area contributed by atoms with Gasteiger partial charge in [0.05, 0.1) is 7.11 Å². The molecule has 3 aromatic rings. The molecule has 0 radical (unpaired) electrons. The Balaban J connectivity index is 2.10. The molecule has 0 aliphatic heterocycles. The van der Waals surface area contributed by atoms with Gasteiger partial charge < -0.3 is 14.8 Å². The Morgan fingerprint density at radius 2 is 1.78 bits per heavy atom. The second kappa shape index (κ2) is 4.11. The molecule has 0 saturated carbocycles. The smallest absolute Gasteiger partial charge is 0.119 e. The zero-order valence-corrected chi connectivity index (χ0v) is 9.97. The maximum atomic E-state index is 9.28. The molecule has 3 nitrogen and oxygen atoms in total. The molecule has 0 saturated heterocycles. The fourth-order valence-electron chi connectivity index (χ4n) is 2.03. The van der Waals surface area contributed by atoms with Crippen molar-refractivity contribution in [1.29, 1.82) is 0 Å². The Kier molecular flexibility index (Phi) is 2.45. The molecule has 3 rings (SSSR count). The van der Waals surface area contributed by atoms with Crippen molar-refractivity contribution in [2.24, 2.45) is 0 Å². The number of fused-ring (bicyclic) bond motifs is 1. The first-order valence-electron chi connectivity index (χ1n) is 5.72. The molecule has 0 unspecified atom stereocenters. The summed E-state index contributed by atoms with van der Waals surface area (Å²) >= 11 is 0. The highest BCUT2D eigenvalue weighted by atomic mass is 16.5. The third-order valence-electron chi connectivity index (χ3n) is 3.01. The Hall–Kier alpha value is -2.42. The van der Waals surface area contributed by atoms with Gasteiger partial charge in [-0.15, -0.1) is 0 Å². The molecule has 90 valence electrons. The van der Waals surface area contributed by atoms with Crippen LogP contribution in [-0.2, 0) is 0 Å². The van der Waals surface area contributed by atoms with Gasteiger partial charge in [0.15, 0.2) is 0 Å². The number of nitrogens with one attached hydrogen (secondary N) is 1. The SMILES string of the molecule is COc1ccc2[nH]c(-c3ccc(O)cc3)cc2c1. The van der Waals surface area contributed by atoms with Crippen LogP contribution in [0.4, 0.5) is 0 Å². The normalized spacial score (nSPS) is 10.7. The predicted molar refractivity (Wildman–Crippen MR) is 72.0 cm³/mol. The maximum Gasteiger partial charge on any atom is 0.119 e. The van der Waals surface area contributed by atoms with E-state index in [0.717, 1.165) is 27.9 Å². The van der Waals surface area contributed by atoms with E-state index in [1.54, 1.807) is 19.2 Å². The molecular formula is C15H13NO2. The van der Waals surface area contributed by atoms with Crippen molar-refractivity contribution in [3.8, 4) is 22.8 Å². The lowest BCUT2D eigenvalue weighted by Gasteiger charge is -1.97. The minimum Gasteiger partial charge on any atom is -0.508 e. The first kappa shape index (κ1) is 10.7. The van der Waals surface area contributed by atoms with E-state index in [1.165, 1.54) is 0 Å². The zero-order chi connectivity index (χ0) is 12.5. The van der Waals surface area contributed by atoms with Gasteiger partial charge in [-0.05, 0) is 54.1 Å². The van der Waals surface area contributed by atoms with Crippen molar-refractivity contribution in [2.45, 2.75) is 0 Å². The van der Waals surface area contributed by atoms with Crippen molar-refractivity contribution < 1.29 is 9.84 Å². The molecule has 0 aliphatic rings. The molecule has 0 aliphatic carbocycles. The van der Waals surface area contributed by atoms with Gasteiger partial charge in [-0.2, -0.15) is 0 Å². The lowest BCUT2D eigenvalue weighted by atomic mass is 10.1.